The average Bonchev–Trinajstić information content (AvgIpc) is 2.88. The highest BCUT2D eigenvalue weighted by Crippen LogP contribution is 2.39. The summed E-state index contributed by atoms with van der Waals surface area (Å²) in [6.07, 6.45) is -0.592. The van der Waals surface area contributed by atoms with Gasteiger partial charge in [0.2, 0.25) is 0 Å². The Bertz CT molecular complexity index is 1230. The molecule has 3 nitrogen and oxygen atoms in total. The summed E-state index contributed by atoms with van der Waals surface area (Å²) in [6, 6.07) is 8.93. The van der Waals surface area contributed by atoms with E-state index in [-0.39, 0.29) is 11.7 Å². The highest BCUT2D eigenvalue weighted by molar-refractivity contribution is 5.64. The molecule has 2 unspecified atom stereocenters. The fourth-order valence-electron chi connectivity index (χ4n) is 4.69. The Hall–Kier alpha value is -3.27. The maximum atomic E-state index is 14.8. The molecule has 0 spiro atoms. The van der Waals surface area contributed by atoms with Crippen molar-refractivity contribution in [2.45, 2.75) is 44.8 Å². The van der Waals surface area contributed by atoms with Gasteiger partial charge in [-0.2, -0.15) is 8.78 Å². The van der Waals surface area contributed by atoms with Crippen LogP contribution in [0.5, 0.6) is 11.5 Å². The van der Waals surface area contributed by atoms with E-state index in [1.807, 2.05) is 0 Å². The molecule has 0 saturated carbocycles. The van der Waals surface area contributed by atoms with Crippen LogP contribution in [0.1, 0.15) is 49.8 Å². The number of ether oxygens (including phenoxy) is 3. The lowest BCUT2D eigenvalue weighted by molar-refractivity contribution is -0.189. The molecule has 0 N–H and O–H groups in total. The van der Waals surface area contributed by atoms with Gasteiger partial charge in [-0.1, -0.05) is 37.6 Å². The van der Waals surface area contributed by atoms with Crippen LogP contribution in [-0.4, -0.2) is 19.9 Å². The molecule has 1 saturated heterocycles. The molecule has 2 atom stereocenters. The summed E-state index contributed by atoms with van der Waals surface area (Å²) in [4.78, 5) is 0. The van der Waals surface area contributed by atoms with E-state index >= 15 is 0 Å². The minimum atomic E-state index is -4.62. The van der Waals surface area contributed by atoms with Crippen molar-refractivity contribution >= 4 is 0 Å². The first kappa shape index (κ1) is 28.7. The summed E-state index contributed by atoms with van der Waals surface area (Å²) >= 11 is 0. The molecule has 10 heteroatoms. The minimum Gasteiger partial charge on any atom is -0.485 e. The molecule has 1 aliphatic rings. The second-order valence-electron chi connectivity index (χ2n) is 9.36. The zero-order valence-electron chi connectivity index (χ0n) is 21.1. The van der Waals surface area contributed by atoms with E-state index < -0.39 is 59.7 Å². The molecule has 1 heterocycles. The van der Waals surface area contributed by atoms with E-state index in [1.54, 1.807) is 24.3 Å². The Kier molecular flexibility index (Phi) is 9.04. The SMILES string of the molecule is CCCC1CCC(c2ccc(-c3cc(F)c(C(F)(F)Oc4cc(F)c(OCCF)c(F)c4)c(F)c3)cc2)OC1. The fourth-order valence-corrected chi connectivity index (χ4v) is 4.69. The molecule has 3 aromatic carbocycles. The molecule has 3 aromatic rings. The number of hydrogen-bond acceptors (Lipinski definition) is 3. The Labute approximate surface area is 221 Å². The number of benzene rings is 3. The molecule has 0 bridgehead atoms. The van der Waals surface area contributed by atoms with Gasteiger partial charge in [0.15, 0.2) is 17.4 Å². The second kappa shape index (κ2) is 12.3. The van der Waals surface area contributed by atoms with Crippen LogP contribution in [0.25, 0.3) is 11.1 Å². The van der Waals surface area contributed by atoms with Crippen molar-refractivity contribution in [2.75, 3.05) is 19.9 Å². The summed E-state index contributed by atoms with van der Waals surface area (Å²) in [5.74, 6) is -7.63. The zero-order valence-corrected chi connectivity index (χ0v) is 21.1. The Morgan fingerprint density at radius 1 is 0.872 bits per heavy atom. The smallest absolute Gasteiger partial charge is 0.432 e. The van der Waals surface area contributed by atoms with E-state index in [1.165, 1.54) is 0 Å². The van der Waals surface area contributed by atoms with Crippen molar-refractivity contribution in [1.82, 2.24) is 0 Å². The highest BCUT2D eigenvalue weighted by Gasteiger charge is 2.41. The van der Waals surface area contributed by atoms with Crippen LogP contribution in [0.4, 0.5) is 30.7 Å². The number of alkyl halides is 3. The highest BCUT2D eigenvalue weighted by atomic mass is 19.3. The van der Waals surface area contributed by atoms with Gasteiger partial charge in [0.05, 0.1) is 12.7 Å². The number of rotatable bonds is 10. The fraction of sp³-hybridized carbons (Fsp3) is 0.379. The molecule has 1 aliphatic heterocycles. The topological polar surface area (TPSA) is 27.7 Å². The number of hydrogen-bond donors (Lipinski definition) is 0. The van der Waals surface area contributed by atoms with E-state index in [9.17, 15) is 30.7 Å². The molecule has 0 amide bonds. The lowest BCUT2D eigenvalue weighted by Gasteiger charge is -2.29. The van der Waals surface area contributed by atoms with Gasteiger partial charge in [-0.05, 0) is 54.0 Å². The van der Waals surface area contributed by atoms with Crippen molar-refractivity contribution < 1.29 is 44.9 Å². The van der Waals surface area contributed by atoms with Crippen molar-refractivity contribution in [3.8, 4) is 22.6 Å². The Balaban J connectivity index is 1.51. The first-order chi connectivity index (χ1) is 18.6. The van der Waals surface area contributed by atoms with Crippen LogP contribution < -0.4 is 9.47 Å². The van der Waals surface area contributed by atoms with Crippen molar-refractivity contribution in [1.29, 1.82) is 0 Å². The lowest BCUT2D eigenvalue weighted by atomic mass is 9.91. The predicted molar refractivity (Wildman–Crippen MR) is 130 cm³/mol. The first-order valence-electron chi connectivity index (χ1n) is 12.6. The van der Waals surface area contributed by atoms with E-state index in [2.05, 4.69) is 16.4 Å². The molecule has 1 fully saturated rings. The molecule has 0 radical (unpaired) electrons. The van der Waals surface area contributed by atoms with Gasteiger partial charge in [0.1, 0.15) is 36.2 Å². The zero-order chi connectivity index (χ0) is 28.2. The van der Waals surface area contributed by atoms with Crippen LogP contribution in [-0.2, 0) is 10.8 Å². The van der Waals surface area contributed by atoms with Crippen LogP contribution in [0.2, 0.25) is 0 Å². The third-order valence-corrected chi connectivity index (χ3v) is 6.56. The summed E-state index contributed by atoms with van der Waals surface area (Å²) in [5.41, 5.74) is -0.416. The van der Waals surface area contributed by atoms with Gasteiger partial charge >= 0.3 is 6.11 Å². The van der Waals surface area contributed by atoms with E-state index in [4.69, 9.17) is 4.74 Å². The van der Waals surface area contributed by atoms with Gasteiger partial charge in [0, 0.05) is 12.1 Å². The van der Waals surface area contributed by atoms with Crippen molar-refractivity contribution in [2.24, 2.45) is 5.92 Å². The Morgan fingerprint density at radius 2 is 1.51 bits per heavy atom. The van der Waals surface area contributed by atoms with Gasteiger partial charge in [0.25, 0.3) is 0 Å². The summed E-state index contributed by atoms with van der Waals surface area (Å²) < 4.78 is 114. The van der Waals surface area contributed by atoms with Crippen molar-refractivity contribution in [3.63, 3.8) is 0 Å². The molecule has 4 rings (SSSR count). The number of halogens is 7. The first-order valence-corrected chi connectivity index (χ1v) is 12.6. The van der Waals surface area contributed by atoms with Crippen molar-refractivity contribution in [3.05, 3.63) is 82.9 Å². The predicted octanol–water partition coefficient (Wildman–Crippen LogP) is 8.65. The van der Waals surface area contributed by atoms with Crippen LogP contribution in [0.3, 0.4) is 0 Å². The lowest BCUT2D eigenvalue weighted by Crippen LogP contribution is -2.25. The molecule has 210 valence electrons. The average molecular weight is 557 g/mol. The largest absolute Gasteiger partial charge is 0.485 e. The maximum Gasteiger partial charge on any atom is 0.432 e. The third kappa shape index (κ3) is 6.66. The van der Waals surface area contributed by atoms with E-state index in [0.717, 1.165) is 43.4 Å². The summed E-state index contributed by atoms with van der Waals surface area (Å²) in [5, 5.41) is 0. The molecular formula is C29H27F7O3. The molecule has 0 aromatic heterocycles. The molecular weight excluding hydrogens is 529 g/mol. The van der Waals surface area contributed by atoms with Crippen LogP contribution in [0, 0.1) is 29.2 Å². The van der Waals surface area contributed by atoms with Crippen LogP contribution >= 0.6 is 0 Å². The van der Waals surface area contributed by atoms with Crippen LogP contribution in [0.15, 0.2) is 48.5 Å². The van der Waals surface area contributed by atoms with Gasteiger partial charge < -0.3 is 14.2 Å². The maximum absolute atomic E-state index is 14.8. The standard InChI is InChI=1S/C29H27F7O3/c1-2-3-17-4-9-26(38-16-17)19-7-5-18(6-8-19)20-12-22(31)27(23(32)13-20)29(35,36)39-21-14-24(33)28(25(34)15-21)37-11-10-30/h5-8,12-15,17,26H,2-4,9-11,16H2,1H3. The molecule has 39 heavy (non-hydrogen) atoms. The minimum absolute atomic E-state index is 0.00938. The quantitative estimate of drug-likeness (QED) is 0.234. The van der Waals surface area contributed by atoms with Gasteiger partial charge in [-0.3, -0.25) is 0 Å². The van der Waals surface area contributed by atoms with E-state index in [0.29, 0.717) is 30.2 Å². The molecule has 0 aliphatic carbocycles. The normalized spacial score (nSPS) is 17.7. The monoisotopic (exact) mass is 556 g/mol. The second-order valence-corrected chi connectivity index (χ2v) is 9.36. The summed E-state index contributed by atoms with van der Waals surface area (Å²) in [7, 11) is 0. The summed E-state index contributed by atoms with van der Waals surface area (Å²) in [6.45, 7) is 1.10. The Morgan fingerprint density at radius 3 is 2.05 bits per heavy atom. The van der Waals surface area contributed by atoms with Gasteiger partial charge in [-0.25, -0.2) is 22.0 Å². The van der Waals surface area contributed by atoms with Gasteiger partial charge in [-0.15, -0.1) is 0 Å². The third-order valence-electron chi connectivity index (χ3n) is 6.56.